The molecule has 0 atom stereocenters. The molecule has 1 aromatic heterocycles. The number of aromatic amines is 1. The minimum absolute atomic E-state index is 0.251. The molecule has 2 N–H and O–H groups in total. The van der Waals surface area contributed by atoms with Crippen LogP contribution in [0.4, 0.5) is 11.6 Å². The van der Waals surface area contributed by atoms with Gasteiger partial charge < -0.3 is 10.1 Å². The maximum Gasteiger partial charge on any atom is 0.274 e. The highest BCUT2D eigenvalue weighted by Crippen LogP contribution is 2.14. The Morgan fingerprint density at radius 2 is 1.68 bits per heavy atom. The van der Waals surface area contributed by atoms with Crippen LogP contribution in [0.5, 0.6) is 5.75 Å². The monoisotopic (exact) mass is 336 g/mol. The molecule has 6 heteroatoms. The molecular formula is C19H20N4O2. The summed E-state index contributed by atoms with van der Waals surface area (Å²) in [7, 11) is 1.62. The summed E-state index contributed by atoms with van der Waals surface area (Å²) >= 11 is 0. The topological polar surface area (TPSA) is 79.9 Å². The second kappa shape index (κ2) is 7.61. The first kappa shape index (κ1) is 16.7. The molecule has 3 aromatic rings. The molecule has 6 nitrogen and oxygen atoms in total. The minimum atomic E-state index is -0.251. The van der Waals surface area contributed by atoms with Crippen LogP contribution in [-0.2, 0) is 12.8 Å². The predicted molar refractivity (Wildman–Crippen MR) is 97.6 cm³/mol. The number of benzene rings is 2. The highest BCUT2D eigenvalue weighted by atomic mass is 16.5. The Bertz CT molecular complexity index is 887. The number of hydrogen-bond donors (Lipinski definition) is 2. The van der Waals surface area contributed by atoms with Crippen molar-refractivity contribution in [2.75, 3.05) is 12.4 Å². The summed E-state index contributed by atoms with van der Waals surface area (Å²) in [6, 6.07) is 15.5. The van der Waals surface area contributed by atoms with Gasteiger partial charge in [0.15, 0.2) is 0 Å². The molecule has 2 aromatic carbocycles. The summed E-state index contributed by atoms with van der Waals surface area (Å²) in [6.45, 7) is 2.10. The first-order valence-electron chi connectivity index (χ1n) is 8.12. The Balaban J connectivity index is 1.72. The van der Waals surface area contributed by atoms with Gasteiger partial charge in [0.2, 0.25) is 5.95 Å². The predicted octanol–water partition coefficient (Wildman–Crippen LogP) is 3.07. The molecule has 0 amide bonds. The van der Waals surface area contributed by atoms with E-state index < -0.39 is 0 Å². The lowest BCUT2D eigenvalue weighted by molar-refractivity contribution is 0.414. The van der Waals surface area contributed by atoms with Crippen molar-refractivity contribution >= 4 is 11.6 Å². The van der Waals surface area contributed by atoms with Crippen LogP contribution in [0.1, 0.15) is 23.7 Å². The van der Waals surface area contributed by atoms with Crippen molar-refractivity contribution in [3.8, 4) is 5.75 Å². The van der Waals surface area contributed by atoms with E-state index in [0.29, 0.717) is 18.1 Å². The molecular weight excluding hydrogens is 316 g/mol. The standard InChI is InChI=1S/C19H20N4O2/c1-3-13-4-8-15(9-5-13)20-19-21-18(24)17(22-23-19)12-14-6-10-16(25-2)11-7-14/h4-11H,3,12H2,1-2H3,(H2,20,21,23,24). The van der Waals surface area contributed by atoms with Crippen LogP contribution in [0.15, 0.2) is 53.3 Å². The fourth-order valence-corrected chi connectivity index (χ4v) is 2.43. The third kappa shape index (κ3) is 4.23. The van der Waals surface area contributed by atoms with Crippen molar-refractivity contribution < 1.29 is 4.74 Å². The van der Waals surface area contributed by atoms with E-state index in [4.69, 9.17) is 4.74 Å². The van der Waals surface area contributed by atoms with Gasteiger partial charge in [-0.05, 0) is 41.8 Å². The maximum absolute atomic E-state index is 12.2. The summed E-state index contributed by atoms with van der Waals surface area (Å²) in [4.78, 5) is 15.0. The molecule has 0 saturated heterocycles. The maximum atomic E-state index is 12.2. The van der Waals surface area contributed by atoms with Gasteiger partial charge in [-0.15, -0.1) is 10.2 Å². The molecule has 128 valence electrons. The van der Waals surface area contributed by atoms with E-state index in [1.54, 1.807) is 7.11 Å². The molecule has 0 saturated carbocycles. The number of methoxy groups -OCH3 is 1. The fourth-order valence-electron chi connectivity index (χ4n) is 2.43. The summed E-state index contributed by atoms with van der Waals surface area (Å²) in [5.74, 6) is 1.10. The highest BCUT2D eigenvalue weighted by molar-refractivity contribution is 5.53. The molecule has 0 fully saturated rings. The number of aryl methyl sites for hydroxylation is 1. The number of H-pyrrole nitrogens is 1. The number of hydrogen-bond acceptors (Lipinski definition) is 5. The second-order valence-corrected chi connectivity index (χ2v) is 5.65. The van der Waals surface area contributed by atoms with Crippen LogP contribution in [0.2, 0.25) is 0 Å². The number of aromatic nitrogens is 3. The van der Waals surface area contributed by atoms with E-state index in [2.05, 4.69) is 27.4 Å². The molecule has 25 heavy (non-hydrogen) atoms. The number of nitrogens with zero attached hydrogens (tertiary/aromatic N) is 2. The van der Waals surface area contributed by atoms with Gasteiger partial charge in [0.05, 0.1) is 7.11 Å². The molecule has 0 radical (unpaired) electrons. The van der Waals surface area contributed by atoms with Gasteiger partial charge in [-0.25, -0.2) is 0 Å². The summed E-state index contributed by atoms with van der Waals surface area (Å²) in [5.41, 5.74) is 3.19. The Morgan fingerprint density at radius 3 is 2.28 bits per heavy atom. The molecule has 0 aliphatic carbocycles. The van der Waals surface area contributed by atoms with Gasteiger partial charge in [-0.2, -0.15) is 0 Å². The third-order valence-electron chi connectivity index (χ3n) is 3.92. The molecule has 0 bridgehead atoms. The number of anilines is 2. The van der Waals surface area contributed by atoms with E-state index in [9.17, 15) is 4.79 Å². The molecule has 0 unspecified atom stereocenters. The lowest BCUT2D eigenvalue weighted by Gasteiger charge is -2.06. The van der Waals surface area contributed by atoms with Crippen molar-refractivity contribution in [3.63, 3.8) is 0 Å². The van der Waals surface area contributed by atoms with Gasteiger partial charge in [0.25, 0.3) is 5.56 Å². The van der Waals surface area contributed by atoms with Gasteiger partial charge in [0, 0.05) is 12.1 Å². The molecule has 3 rings (SSSR count). The van der Waals surface area contributed by atoms with E-state index in [0.717, 1.165) is 23.4 Å². The summed E-state index contributed by atoms with van der Waals surface area (Å²) < 4.78 is 5.13. The molecule has 0 aliphatic heterocycles. The molecule has 0 aliphatic rings. The normalized spacial score (nSPS) is 10.5. The van der Waals surface area contributed by atoms with Gasteiger partial charge in [-0.3, -0.25) is 9.78 Å². The van der Waals surface area contributed by atoms with Crippen molar-refractivity contribution in [1.82, 2.24) is 15.2 Å². The minimum Gasteiger partial charge on any atom is -0.497 e. The van der Waals surface area contributed by atoms with Gasteiger partial charge >= 0.3 is 0 Å². The van der Waals surface area contributed by atoms with Crippen molar-refractivity contribution in [2.24, 2.45) is 0 Å². The smallest absolute Gasteiger partial charge is 0.274 e. The molecule has 0 spiro atoms. The average Bonchev–Trinajstić information content (AvgIpc) is 2.65. The highest BCUT2D eigenvalue weighted by Gasteiger charge is 2.07. The van der Waals surface area contributed by atoms with Crippen LogP contribution >= 0.6 is 0 Å². The Morgan fingerprint density at radius 1 is 1.00 bits per heavy atom. The number of nitrogens with one attached hydrogen (secondary N) is 2. The van der Waals surface area contributed by atoms with Crippen molar-refractivity contribution in [2.45, 2.75) is 19.8 Å². The first-order valence-corrected chi connectivity index (χ1v) is 8.12. The average molecular weight is 336 g/mol. The van der Waals surface area contributed by atoms with Crippen LogP contribution in [0.25, 0.3) is 0 Å². The Labute approximate surface area is 145 Å². The number of ether oxygens (including phenoxy) is 1. The quantitative estimate of drug-likeness (QED) is 0.723. The van der Waals surface area contributed by atoms with Crippen molar-refractivity contribution in [1.29, 1.82) is 0 Å². The zero-order valence-electron chi connectivity index (χ0n) is 14.2. The summed E-state index contributed by atoms with van der Waals surface area (Å²) in [5, 5.41) is 11.2. The van der Waals surface area contributed by atoms with Gasteiger partial charge in [-0.1, -0.05) is 31.2 Å². The zero-order chi connectivity index (χ0) is 17.6. The Hall–Kier alpha value is -3.15. The fraction of sp³-hybridized carbons (Fsp3) is 0.211. The molecule has 1 heterocycles. The van der Waals surface area contributed by atoms with Crippen LogP contribution in [-0.4, -0.2) is 22.3 Å². The van der Waals surface area contributed by atoms with E-state index in [-0.39, 0.29) is 5.56 Å². The number of rotatable bonds is 6. The Kier molecular flexibility index (Phi) is 5.09. The van der Waals surface area contributed by atoms with Crippen LogP contribution in [0, 0.1) is 0 Å². The lowest BCUT2D eigenvalue weighted by Crippen LogP contribution is -2.18. The first-order chi connectivity index (χ1) is 12.2. The van der Waals surface area contributed by atoms with Crippen molar-refractivity contribution in [3.05, 3.63) is 75.7 Å². The van der Waals surface area contributed by atoms with E-state index in [1.807, 2.05) is 48.5 Å². The lowest BCUT2D eigenvalue weighted by atomic mass is 10.1. The zero-order valence-corrected chi connectivity index (χ0v) is 14.2. The third-order valence-corrected chi connectivity index (χ3v) is 3.92. The van der Waals surface area contributed by atoms with E-state index >= 15 is 0 Å². The van der Waals surface area contributed by atoms with Crippen LogP contribution in [0.3, 0.4) is 0 Å². The second-order valence-electron chi connectivity index (χ2n) is 5.65. The largest absolute Gasteiger partial charge is 0.497 e. The van der Waals surface area contributed by atoms with Gasteiger partial charge in [0.1, 0.15) is 11.4 Å². The SMILES string of the molecule is CCc1ccc(Nc2nnc(Cc3ccc(OC)cc3)c(=O)[nH]2)cc1. The van der Waals surface area contributed by atoms with E-state index in [1.165, 1.54) is 5.56 Å². The van der Waals surface area contributed by atoms with Crippen LogP contribution < -0.4 is 15.6 Å². The summed E-state index contributed by atoms with van der Waals surface area (Å²) in [6.07, 6.45) is 1.40.